The molecule has 4 N–H and O–H groups in total. The smallest absolute Gasteiger partial charge is 0.416 e. The molecule has 5 rings (SSSR count). The van der Waals surface area contributed by atoms with Crippen molar-refractivity contribution in [3.8, 4) is 11.5 Å². The highest BCUT2D eigenvalue weighted by molar-refractivity contribution is 7.90. The van der Waals surface area contributed by atoms with E-state index in [0.29, 0.717) is 53.0 Å². The van der Waals surface area contributed by atoms with Crippen molar-refractivity contribution in [2.45, 2.75) is 43.1 Å². The third-order valence-electron chi connectivity index (χ3n) is 7.36. The number of ether oxygens (including phenoxy) is 2. The SMILES string of the molecule is Nc1ccc(Cl)cc1C1=C[C@H](c2ccc(OCCC(O)CNS(=O)(=O)C3CC3)cc2)N(C(=O)Oc2ccc(Cl)cc2)CC1. The average molecular weight is 647 g/mol. The first kappa shape index (κ1) is 31.2. The molecule has 12 heteroatoms. The highest BCUT2D eigenvalue weighted by atomic mass is 35.5. The second-order valence-electron chi connectivity index (χ2n) is 10.6. The number of halogens is 2. The molecule has 0 spiro atoms. The van der Waals surface area contributed by atoms with Gasteiger partial charge in [-0.2, -0.15) is 0 Å². The third-order valence-corrected chi connectivity index (χ3v) is 9.76. The van der Waals surface area contributed by atoms with E-state index in [2.05, 4.69) is 4.72 Å². The lowest BCUT2D eigenvalue weighted by molar-refractivity contribution is 0.140. The van der Waals surface area contributed by atoms with Crippen LogP contribution in [0.5, 0.6) is 11.5 Å². The van der Waals surface area contributed by atoms with Gasteiger partial charge in [0.2, 0.25) is 10.0 Å². The zero-order chi connectivity index (χ0) is 30.6. The Morgan fingerprint density at radius 1 is 1.02 bits per heavy atom. The van der Waals surface area contributed by atoms with Gasteiger partial charge in [-0.3, -0.25) is 4.90 Å². The molecular weight excluding hydrogens is 613 g/mol. The molecule has 228 valence electrons. The number of anilines is 1. The Morgan fingerprint density at radius 2 is 1.70 bits per heavy atom. The fourth-order valence-corrected chi connectivity index (χ4v) is 6.52. The number of rotatable bonds is 11. The molecule has 2 aliphatic rings. The molecule has 3 aromatic carbocycles. The van der Waals surface area contributed by atoms with E-state index in [0.717, 1.165) is 16.7 Å². The Bertz CT molecular complexity index is 1580. The molecule has 9 nitrogen and oxygen atoms in total. The lowest BCUT2D eigenvalue weighted by Gasteiger charge is -2.34. The van der Waals surface area contributed by atoms with Gasteiger partial charge in [-0.05, 0) is 85.0 Å². The zero-order valence-electron chi connectivity index (χ0n) is 23.3. The molecular formula is C31H33Cl2N3O6S. The van der Waals surface area contributed by atoms with Gasteiger partial charge in [-0.25, -0.2) is 17.9 Å². The lowest BCUT2D eigenvalue weighted by Crippen LogP contribution is -2.39. The fourth-order valence-electron chi connectivity index (χ4n) is 4.80. The van der Waals surface area contributed by atoms with Gasteiger partial charge >= 0.3 is 6.09 Å². The number of nitrogen functional groups attached to an aromatic ring is 1. The summed E-state index contributed by atoms with van der Waals surface area (Å²) in [4.78, 5) is 15.0. The summed E-state index contributed by atoms with van der Waals surface area (Å²) in [6.07, 6.45) is 2.76. The second-order valence-corrected chi connectivity index (χ2v) is 13.5. The summed E-state index contributed by atoms with van der Waals surface area (Å²) in [6.45, 7) is 0.541. The molecule has 1 amide bonds. The minimum Gasteiger partial charge on any atom is -0.493 e. The van der Waals surface area contributed by atoms with E-state index in [9.17, 15) is 18.3 Å². The van der Waals surface area contributed by atoms with Crippen molar-refractivity contribution in [2.75, 3.05) is 25.4 Å². The topological polar surface area (TPSA) is 131 Å². The molecule has 0 saturated heterocycles. The normalized spacial score (nSPS) is 17.7. The first-order valence-electron chi connectivity index (χ1n) is 14.0. The molecule has 0 bridgehead atoms. The van der Waals surface area contributed by atoms with E-state index in [1.165, 1.54) is 0 Å². The standard InChI is InChI=1S/C31H33Cl2N3O6S/c32-22-3-8-26(9-4-22)42-31(38)36-15-13-21(28-18-23(33)5-12-29(28)34)17-30(36)20-1-6-25(7-2-20)41-16-14-24(37)19-35-43(39,40)27-10-11-27/h1-9,12,17-18,24,27,30,35,37H,10-11,13-16,19,34H2/t24?,30-/m1/s1. The number of nitrogens with two attached hydrogens (primary N) is 1. The number of benzene rings is 3. The van der Waals surface area contributed by atoms with E-state index in [1.54, 1.807) is 53.4 Å². The summed E-state index contributed by atoms with van der Waals surface area (Å²) in [5.41, 5.74) is 9.48. The van der Waals surface area contributed by atoms with Crippen LogP contribution in [-0.2, 0) is 10.0 Å². The summed E-state index contributed by atoms with van der Waals surface area (Å²) in [5.74, 6) is 0.956. The molecule has 1 aliphatic heterocycles. The van der Waals surface area contributed by atoms with Gasteiger partial charge in [0.25, 0.3) is 0 Å². The minimum absolute atomic E-state index is 0.0451. The Kier molecular flexibility index (Phi) is 9.83. The van der Waals surface area contributed by atoms with E-state index >= 15 is 0 Å². The van der Waals surface area contributed by atoms with Gasteiger partial charge < -0.3 is 20.3 Å². The van der Waals surface area contributed by atoms with E-state index < -0.39 is 28.3 Å². The highest BCUT2D eigenvalue weighted by Crippen LogP contribution is 2.37. The van der Waals surface area contributed by atoms with E-state index in [1.807, 2.05) is 24.3 Å². The average Bonchev–Trinajstić information content (AvgIpc) is 3.85. The van der Waals surface area contributed by atoms with Crippen LogP contribution in [0.1, 0.15) is 42.9 Å². The maximum Gasteiger partial charge on any atom is 0.416 e. The summed E-state index contributed by atoms with van der Waals surface area (Å²) in [6, 6.07) is 18.8. The number of nitrogens with one attached hydrogen (secondary N) is 1. The molecule has 1 aliphatic carbocycles. The number of hydrogen-bond acceptors (Lipinski definition) is 7. The zero-order valence-corrected chi connectivity index (χ0v) is 25.6. The van der Waals surface area contributed by atoms with Gasteiger partial charge in [0.15, 0.2) is 0 Å². The Hall–Kier alpha value is -3.28. The molecule has 0 aromatic heterocycles. The highest BCUT2D eigenvalue weighted by Gasteiger charge is 2.35. The van der Waals surface area contributed by atoms with Crippen LogP contribution in [0.3, 0.4) is 0 Å². The van der Waals surface area contributed by atoms with Crippen LogP contribution in [0.25, 0.3) is 5.57 Å². The van der Waals surface area contributed by atoms with Crippen LogP contribution in [0, 0.1) is 0 Å². The maximum atomic E-state index is 13.3. The molecule has 0 radical (unpaired) electrons. The molecule has 3 aromatic rings. The first-order valence-corrected chi connectivity index (χ1v) is 16.3. The molecule has 1 heterocycles. The van der Waals surface area contributed by atoms with E-state index in [-0.39, 0.29) is 24.8 Å². The second kappa shape index (κ2) is 13.6. The molecule has 1 saturated carbocycles. The number of sulfonamides is 1. The summed E-state index contributed by atoms with van der Waals surface area (Å²) in [5, 5.41) is 11.0. The van der Waals surface area contributed by atoms with Gasteiger partial charge in [0, 0.05) is 40.8 Å². The molecule has 1 unspecified atom stereocenters. The van der Waals surface area contributed by atoms with Crippen molar-refractivity contribution < 1.29 is 27.8 Å². The summed E-state index contributed by atoms with van der Waals surface area (Å²) in [7, 11) is -3.34. The van der Waals surface area contributed by atoms with Crippen molar-refractivity contribution in [1.29, 1.82) is 0 Å². The van der Waals surface area contributed by atoms with Crippen LogP contribution in [0.15, 0.2) is 72.8 Å². The quantitative estimate of drug-likeness (QED) is 0.224. The molecule has 43 heavy (non-hydrogen) atoms. The van der Waals surface area contributed by atoms with Crippen molar-refractivity contribution in [1.82, 2.24) is 9.62 Å². The van der Waals surface area contributed by atoms with Crippen LogP contribution >= 0.6 is 23.2 Å². The Balaban J connectivity index is 1.28. The molecule has 1 fully saturated rings. The van der Waals surface area contributed by atoms with Crippen molar-refractivity contribution in [3.05, 3.63) is 94.0 Å². The predicted molar refractivity (Wildman–Crippen MR) is 168 cm³/mol. The summed E-state index contributed by atoms with van der Waals surface area (Å²) >= 11 is 12.2. The van der Waals surface area contributed by atoms with Gasteiger partial charge in [0.1, 0.15) is 11.5 Å². The number of carbonyl (C=O) groups is 1. The summed E-state index contributed by atoms with van der Waals surface area (Å²) < 4.78 is 37.8. The number of aliphatic hydroxyl groups excluding tert-OH is 1. The number of hydrogen-bond donors (Lipinski definition) is 3. The number of carbonyl (C=O) groups excluding carboxylic acids is 1. The van der Waals surface area contributed by atoms with Crippen LogP contribution in [0.4, 0.5) is 10.5 Å². The Morgan fingerprint density at radius 3 is 2.40 bits per heavy atom. The van der Waals surface area contributed by atoms with Crippen LogP contribution < -0.4 is 19.9 Å². The minimum atomic E-state index is -3.34. The van der Waals surface area contributed by atoms with Crippen molar-refractivity contribution >= 4 is 50.6 Å². The van der Waals surface area contributed by atoms with E-state index in [4.69, 9.17) is 38.4 Å². The van der Waals surface area contributed by atoms with Gasteiger partial charge in [-0.15, -0.1) is 0 Å². The largest absolute Gasteiger partial charge is 0.493 e. The predicted octanol–water partition coefficient (Wildman–Crippen LogP) is 5.82. The third kappa shape index (κ3) is 8.21. The fraction of sp³-hybridized carbons (Fsp3) is 0.323. The van der Waals surface area contributed by atoms with Crippen LogP contribution in [-0.4, -0.2) is 55.6 Å². The molecule has 2 atom stereocenters. The maximum absolute atomic E-state index is 13.3. The van der Waals surface area contributed by atoms with Crippen molar-refractivity contribution in [2.24, 2.45) is 0 Å². The lowest BCUT2D eigenvalue weighted by atomic mass is 9.91. The van der Waals surface area contributed by atoms with Gasteiger partial charge in [0.05, 0.1) is 24.0 Å². The van der Waals surface area contributed by atoms with Crippen molar-refractivity contribution in [3.63, 3.8) is 0 Å². The number of amides is 1. The van der Waals surface area contributed by atoms with Gasteiger partial charge in [-0.1, -0.05) is 41.4 Å². The monoisotopic (exact) mass is 645 g/mol. The Labute approximate surface area is 261 Å². The number of nitrogens with zero attached hydrogens (tertiary/aromatic N) is 1. The van der Waals surface area contributed by atoms with Crippen LogP contribution in [0.2, 0.25) is 10.0 Å². The number of aliphatic hydroxyl groups is 1. The first-order chi connectivity index (χ1) is 20.6.